The number of rotatable bonds is 3. The first-order valence-electron chi connectivity index (χ1n) is 6.42. The van der Waals surface area contributed by atoms with Crippen LogP contribution in [0, 0.1) is 5.92 Å². The number of hydrogen-bond acceptors (Lipinski definition) is 1. The summed E-state index contributed by atoms with van der Waals surface area (Å²) in [6.07, 6.45) is 8.55. The van der Waals surface area contributed by atoms with Crippen LogP contribution >= 0.6 is 0 Å². The van der Waals surface area contributed by atoms with E-state index in [9.17, 15) is 0 Å². The molecule has 0 aromatic rings. The van der Waals surface area contributed by atoms with Crippen molar-refractivity contribution in [2.75, 3.05) is 13.7 Å². The van der Waals surface area contributed by atoms with Crippen molar-refractivity contribution in [1.29, 1.82) is 0 Å². The van der Waals surface area contributed by atoms with Crippen molar-refractivity contribution in [1.82, 2.24) is 0 Å². The van der Waals surface area contributed by atoms with E-state index in [2.05, 4.69) is 0 Å². The molecule has 1 aliphatic rings. The molecule has 1 nitrogen and oxygen atoms in total. The zero-order valence-corrected chi connectivity index (χ0v) is 10.9. The SMILES string of the molecule is CC.CC.COCCC1CCCCC1. The average Bonchev–Trinajstić information content (AvgIpc) is 2.33. The molecular formula is C13H30O. The highest BCUT2D eigenvalue weighted by atomic mass is 16.5. The Morgan fingerprint density at radius 2 is 1.43 bits per heavy atom. The molecule has 0 aliphatic heterocycles. The summed E-state index contributed by atoms with van der Waals surface area (Å²) in [5, 5.41) is 0. The second kappa shape index (κ2) is 15.4. The molecule has 1 fully saturated rings. The Balaban J connectivity index is 0. The van der Waals surface area contributed by atoms with Gasteiger partial charge in [-0.25, -0.2) is 0 Å². The second-order valence-corrected chi connectivity index (χ2v) is 3.29. The van der Waals surface area contributed by atoms with Crippen LogP contribution in [0.1, 0.15) is 66.2 Å². The monoisotopic (exact) mass is 202 g/mol. The topological polar surface area (TPSA) is 9.23 Å². The van der Waals surface area contributed by atoms with Gasteiger partial charge in [0.1, 0.15) is 0 Å². The molecule has 1 rings (SSSR count). The summed E-state index contributed by atoms with van der Waals surface area (Å²) in [6, 6.07) is 0. The molecule has 88 valence electrons. The first kappa shape index (κ1) is 16.4. The number of hydrogen-bond donors (Lipinski definition) is 0. The van der Waals surface area contributed by atoms with Crippen molar-refractivity contribution in [3.8, 4) is 0 Å². The lowest BCUT2D eigenvalue weighted by Gasteiger charge is -2.20. The lowest BCUT2D eigenvalue weighted by molar-refractivity contribution is 0.166. The number of methoxy groups -OCH3 is 1. The Bertz CT molecular complexity index is 75.3. The van der Waals surface area contributed by atoms with Gasteiger partial charge in [-0.15, -0.1) is 0 Å². The zero-order chi connectivity index (χ0) is 11.2. The van der Waals surface area contributed by atoms with Gasteiger partial charge in [-0.2, -0.15) is 0 Å². The summed E-state index contributed by atoms with van der Waals surface area (Å²) in [5.41, 5.74) is 0. The van der Waals surface area contributed by atoms with E-state index in [1.165, 1.54) is 38.5 Å². The Kier molecular flexibility index (Phi) is 18.1. The van der Waals surface area contributed by atoms with Gasteiger partial charge in [-0.3, -0.25) is 0 Å². The van der Waals surface area contributed by atoms with E-state index in [1.807, 2.05) is 27.7 Å². The van der Waals surface area contributed by atoms with Crippen LogP contribution in [-0.4, -0.2) is 13.7 Å². The largest absolute Gasteiger partial charge is 0.385 e. The van der Waals surface area contributed by atoms with Crippen LogP contribution in [0.4, 0.5) is 0 Å². The van der Waals surface area contributed by atoms with Gasteiger partial charge in [0.05, 0.1) is 0 Å². The van der Waals surface area contributed by atoms with Gasteiger partial charge in [-0.1, -0.05) is 59.8 Å². The van der Waals surface area contributed by atoms with Crippen LogP contribution in [0.3, 0.4) is 0 Å². The predicted molar refractivity (Wildman–Crippen MR) is 65.8 cm³/mol. The maximum atomic E-state index is 5.04. The lowest BCUT2D eigenvalue weighted by Crippen LogP contribution is -2.08. The fraction of sp³-hybridized carbons (Fsp3) is 1.00. The Hall–Kier alpha value is -0.0400. The summed E-state index contributed by atoms with van der Waals surface area (Å²) in [4.78, 5) is 0. The predicted octanol–water partition coefficient (Wildman–Crippen LogP) is 4.66. The summed E-state index contributed by atoms with van der Waals surface area (Å²) in [6.45, 7) is 8.96. The molecule has 0 spiro atoms. The standard InChI is InChI=1S/C9H18O.2C2H6/c1-10-8-7-9-5-3-2-4-6-9;2*1-2/h9H,2-8H2,1H3;2*1-2H3. The molecule has 0 N–H and O–H groups in total. The normalized spacial score (nSPS) is 16.1. The minimum absolute atomic E-state index is 0.963. The highest BCUT2D eigenvalue weighted by Crippen LogP contribution is 2.25. The minimum Gasteiger partial charge on any atom is -0.385 e. The van der Waals surface area contributed by atoms with Gasteiger partial charge in [0.2, 0.25) is 0 Å². The maximum Gasteiger partial charge on any atom is 0.0464 e. The fourth-order valence-electron chi connectivity index (χ4n) is 1.76. The quantitative estimate of drug-likeness (QED) is 0.647. The van der Waals surface area contributed by atoms with E-state index < -0.39 is 0 Å². The molecule has 0 unspecified atom stereocenters. The zero-order valence-electron chi connectivity index (χ0n) is 10.9. The van der Waals surface area contributed by atoms with E-state index in [4.69, 9.17) is 4.74 Å². The van der Waals surface area contributed by atoms with Crippen molar-refractivity contribution < 1.29 is 4.74 Å². The van der Waals surface area contributed by atoms with E-state index in [-0.39, 0.29) is 0 Å². The van der Waals surface area contributed by atoms with Crippen LogP contribution in [0.5, 0.6) is 0 Å². The van der Waals surface area contributed by atoms with Crippen LogP contribution in [-0.2, 0) is 4.74 Å². The molecule has 0 heterocycles. The molecular weight excluding hydrogens is 172 g/mol. The van der Waals surface area contributed by atoms with E-state index in [1.54, 1.807) is 7.11 Å². The van der Waals surface area contributed by atoms with Gasteiger partial charge in [0.25, 0.3) is 0 Å². The lowest BCUT2D eigenvalue weighted by atomic mass is 9.87. The smallest absolute Gasteiger partial charge is 0.0464 e. The summed E-state index contributed by atoms with van der Waals surface area (Å²) in [7, 11) is 1.79. The highest BCUT2D eigenvalue weighted by molar-refractivity contribution is 4.64. The van der Waals surface area contributed by atoms with Gasteiger partial charge >= 0.3 is 0 Å². The molecule has 0 radical (unpaired) electrons. The third kappa shape index (κ3) is 10.0. The van der Waals surface area contributed by atoms with Crippen molar-refractivity contribution in [2.24, 2.45) is 5.92 Å². The molecule has 0 atom stereocenters. The third-order valence-corrected chi connectivity index (χ3v) is 2.45. The van der Waals surface area contributed by atoms with E-state index >= 15 is 0 Å². The van der Waals surface area contributed by atoms with E-state index in [0.29, 0.717) is 0 Å². The van der Waals surface area contributed by atoms with Crippen molar-refractivity contribution in [2.45, 2.75) is 66.2 Å². The minimum atomic E-state index is 0.963. The van der Waals surface area contributed by atoms with Crippen LogP contribution < -0.4 is 0 Å². The third-order valence-electron chi connectivity index (χ3n) is 2.45. The van der Waals surface area contributed by atoms with Gasteiger partial charge in [0.15, 0.2) is 0 Å². The van der Waals surface area contributed by atoms with Crippen molar-refractivity contribution >= 4 is 0 Å². The summed E-state index contributed by atoms with van der Waals surface area (Å²) < 4.78 is 5.04. The first-order chi connectivity index (χ1) is 6.93. The van der Waals surface area contributed by atoms with Crippen LogP contribution in [0.2, 0.25) is 0 Å². The van der Waals surface area contributed by atoms with Crippen molar-refractivity contribution in [3.05, 3.63) is 0 Å². The summed E-state index contributed by atoms with van der Waals surface area (Å²) in [5.74, 6) is 0.980. The first-order valence-corrected chi connectivity index (χ1v) is 6.42. The molecule has 0 amide bonds. The second-order valence-electron chi connectivity index (χ2n) is 3.29. The Labute approximate surface area is 91.2 Å². The van der Waals surface area contributed by atoms with Crippen LogP contribution in [0.15, 0.2) is 0 Å². The molecule has 0 saturated heterocycles. The van der Waals surface area contributed by atoms with Gasteiger partial charge in [-0.05, 0) is 12.3 Å². The molecule has 1 saturated carbocycles. The van der Waals surface area contributed by atoms with Crippen molar-refractivity contribution in [3.63, 3.8) is 0 Å². The van der Waals surface area contributed by atoms with Gasteiger partial charge < -0.3 is 4.74 Å². The van der Waals surface area contributed by atoms with Gasteiger partial charge in [0, 0.05) is 13.7 Å². The number of ether oxygens (including phenoxy) is 1. The molecule has 0 aromatic carbocycles. The van der Waals surface area contributed by atoms with Crippen LogP contribution in [0.25, 0.3) is 0 Å². The molecule has 1 aliphatic carbocycles. The fourth-order valence-corrected chi connectivity index (χ4v) is 1.76. The Morgan fingerprint density at radius 1 is 0.929 bits per heavy atom. The highest BCUT2D eigenvalue weighted by Gasteiger charge is 2.11. The molecule has 0 aromatic heterocycles. The molecule has 14 heavy (non-hydrogen) atoms. The Morgan fingerprint density at radius 3 is 1.86 bits per heavy atom. The average molecular weight is 202 g/mol. The van der Waals surface area contributed by atoms with E-state index in [0.717, 1.165) is 12.5 Å². The molecule has 1 heteroatoms. The summed E-state index contributed by atoms with van der Waals surface area (Å²) >= 11 is 0. The maximum absolute atomic E-state index is 5.04. The molecule has 0 bridgehead atoms.